The van der Waals surface area contributed by atoms with Gasteiger partial charge in [-0.15, -0.1) is 5.10 Å². The van der Waals surface area contributed by atoms with Crippen LogP contribution in [-0.4, -0.2) is 15.2 Å². The highest BCUT2D eigenvalue weighted by Gasteiger charge is 2.04. The zero-order valence-electron chi connectivity index (χ0n) is 7.39. The standard InChI is InChI=1S/C9H5Cl2N3O/c10-6-3-1-2-4-7(6)15-8-5-12-14-9(11)13-8/h1-5H. The molecule has 0 aliphatic heterocycles. The normalized spacial score (nSPS) is 10.0. The van der Waals surface area contributed by atoms with E-state index in [2.05, 4.69) is 15.2 Å². The average molecular weight is 242 g/mol. The fourth-order valence-electron chi connectivity index (χ4n) is 0.957. The number of halogens is 2. The van der Waals surface area contributed by atoms with Gasteiger partial charge in [-0.2, -0.15) is 10.1 Å². The Morgan fingerprint density at radius 1 is 1.13 bits per heavy atom. The van der Waals surface area contributed by atoms with Crippen molar-refractivity contribution < 1.29 is 4.74 Å². The third-order valence-corrected chi connectivity index (χ3v) is 2.03. The van der Waals surface area contributed by atoms with Gasteiger partial charge in [0.15, 0.2) is 0 Å². The first kappa shape index (κ1) is 10.1. The quantitative estimate of drug-likeness (QED) is 0.812. The second kappa shape index (κ2) is 4.42. The number of aromatic nitrogens is 3. The summed E-state index contributed by atoms with van der Waals surface area (Å²) in [5.74, 6) is 0.749. The van der Waals surface area contributed by atoms with Crippen LogP contribution in [0.1, 0.15) is 0 Å². The van der Waals surface area contributed by atoms with Gasteiger partial charge in [-0.25, -0.2) is 0 Å². The summed E-state index contributed by atoms with van der Waals surface area (Å²) in [4.78, 5) is 3.82. The van der Waals surface area contributed by atoms with Gasteiger partial charge in [0.1, 0.15) is 11.9 Å². The molecule has 0 amide bonds. The highest BCUT2D eigenvalue weighted by molar-refractivity contribution is 6.32. The molecule has 0 saturated carbocycles. The van der Waals surface area contributed by atoms with Gasteiger partial charge in [0.05, 0.1) is 5.02 Å². The number of ether oxygens (including phenoxy) is 1. The lowest BCUT2D eigenvalue weighted by Crippen LogP contribution is -1.92. The van der Waals surface area contributed by atoms with E-state index in [1.54, 1.807) is 24.3 Å². The number of hydrogen-bond acceptors (Lipinski definition) is 4. The van der Waals surface area contributed by atoms with Gasteiger partial charge in [-0.05, 0) is 23.7 Å². The van der Waals surface area contributed by atoms with E-state index in [1.165, 1.54) is 6.20 Å². The monoisotopic (exact) mass is 241 g/mol. The molecule has 0 bridgehead atoms. The lowest BCUT2D eigenvalue weighted by Gasteiger charge is -2.04. The summed E-state index contributed by atoms with van der Waals surface area (Å²) in [7, 11) is 0. The van der Waals surface area contributed by atoms with Crippen LogP contribution < -0.4 is 4.74 Å². The predicted molar refractivity (Wildman–Crippen MR) is 56.4 cm³/mol. The zero-order valence-corrected chi connectivity index (χ0v) is 8.90. The summed E-state index contributed by atoms with van der Waals surface area (Å²) < 4.78 is 5.36. The van der Waals surface area contributed by atoms with Gasteiger partial charge < -0.3 is 4.74 Å². The molecular weight excluding hydrogens is 237 g/mol. The smallest absolute Gasteiger partial charge is 0.246 e. The first-order valence-corrected chi connectivity index (χ1v) is 4.79. The molecule has 0 N–H and O–H groups in total. The summed E-state index contributed by atoms with van der Waals surface area (Å²) in [6.45, 7) is 0. The van der Waals surface area contributed by atoms with Crippen molar-refractivity contribution in [2.45, 2.75) is 0 Å². The molecule has 0 aliphatic carbocycles. The van der Waals surface area contributed by atoms with Gasteiger partial charge in [0, 0.05) is 0 Å². The number of nitrogens with zero attached hydrogens (tertiary/aromatic N) is 3. The first-order chi connectivity index (χ1) is 7.25. The van der Waals surface area contributed by atoms with E-state index in [1.807, 2.05) is 0 Å². The topological polar surface area (TPSA) is 47.9 Å². The Balaban J connectivity index is 2.26. The molecule has 6 heteroatoms. The number of benzene rings is 1. The molecule has 2 rings (SSSR count). The highest BCUT2D eigenvalue weighted by Crippen LogP contribution is 2.27. The fraction of sp³-hybridized carbons (Fsp3) is 0. The minimum absolute atomic E-state index is 0.0274. The minimum atomic E-state index is 0.0274. The van der Waals surface area contributed by atoms with Crippen LogP contribution in [0.3, 0.4) is 0 Å². The Morgan fingerprint density at radius 2 is 1.93 bits per heavy atom. The maximum atomic E-state index is 5.89. The molecule has 15 heavy (non-hydrogen) atoms. The molecule has 0 saturated heterocycles. The van der Waals surface area contributed by atoms with Crippen LogP contribution in [0, 0.1) is 0 Å². The van der Waals surface area contributed by atoms with Crippen LogP contribution in [0.2, 0.25) is 10.3 Å². The highest BCUT2D eigenvalue weighted by atomic mass is 35.5. The van der Waals surface area contributed by atoms with Crippen molar-refractivity contribution in [3.8, 4) is 11.6 Å². The van der Waals surface area contributed by atoms with Gasteiger partial charge >= 0.3 is 0 Å². The van der Waals surface area contributed by atoms with E-state index in [4.69, 9.17) is 27.9 Å². The van der Waals surface area contributed by atoms with Crippen LogP contribution in [0.5, 0.6) is 11.6 Å². The average Bonchev–Trinajstić information content (AvgIpc) is 2.22. The van der Waals surface area contributed by atoms with E-state index in [-0.39, 0.29) is 11.2 Å². The van der Waals surface area contributed by atoms with E-state index >= 15 is 0 Å². The fourth-order valence-corrected chi connectivity index (χ4v) is 1.26. The maximum Gasteiger partial charge on any atom is 0.246 e. The summed E-state index contributed by atoms with van der Waals surface area (Å²) >= 11 is 11.4. The van der Waals surface area contributed by atoms with Crippen LogP contribution >= 0.6 is 23.2 Å². The van der Waals surface area contributed by atoms with Gasteiger partial charge in [0.25, 0.3) is 0 Å². The number of hydrogen-bond donors (Lipinski definition) is 0. The predicted octanol–water partition coefficient (Wildman–Crippen LogP) is 2.97. The van der Waals surface area contributed by atoms with Crippen molar-refractivity contribution in [1.29, 1.82) is 0 Å². The largest absolute Gasteiger partial charge is 0.436 e. The molecule has 1 aromatic carbocycles. The molecule has 76 valence electrons. The molecule has 0 fully saturated rings. The number of rotatable bonds is 2. The van der Waals surface area contributed by atoms with Crippen molar-refractivity contribution in [3.05, 3.63) is 40.8 Å². The second-order valence-electron chi connectivity index (χ2n) is 2.60. The van der Waals surface area contributed by atoms with E-state index in [9.17, 15) is 0 Å². The third-order valence-electron chi connectivity index (χ3n) is 1.56. The summed E-state index contributed by atoms with van der Waals surface area (Å²) in [6, 6.07) is 7.04. The minimum Gasteiger partial charge on any atom is -0.436 e. The zero-order chi connectivity index (χ0) is 10.7. The van der Waals surface area contributed by atoms with E-state index in [0.29, 0.717) is 10.8 Å². The molecule has 1 aromatic heterocycles. The van der Waals surface area contributed by atoms with E-state index < -0.39 is 0 Å². The van der Waals surface area contributed by atoms with Crippen LogP contribution in [0.4, 0.5) is 0 Å². The van der Waals surface area contributed by atoms with Crippen molar-refractivity contribution in [1.82, 2.24) is 15.2 Å². The third kappa shape index (κ3) is 2.55. The summed E-state index contributed by atoms with van der Waals surface area (Å²) in [6.07, 6.45) is 1.36. The van der Waals surface area contributed by atoms with Crippen molar-refractivity contribution in [2.75, 3.05) is 0 Å². The molecule has 0 unspecified atom stereocenters. The molecule has 0 radical (unpaired) electrons. The van der Waals surface area contributed by atoms with Crippen molar-refractivity contribution >= 4 is 23.2 Å². The number of para-hydroxylation sites is 1. The van der Waals surface area contributed by atoms with Gasteiger partial charge in [0.2, 0.25) is 11.2 Å². The second-order valence-corrected chi connectivity index (χ2v) is 3.34. The molecule has 0 aliphatic rings. The molecule has 0 spiro atoms. The molecule has 4 nitrogen and oxygen atoms in total. The Kier molecular flexibility index (Phi) is 2.99. The molecule has 0 atom stereocenters. The molecule has 1 heterocycles. The molecular formula is C9H5Cl2N3O. The van der Waals surface area contributed by atoms with Gasteiger partial charge in [-0.1, -0.05) is 23.7 Å². The van der Waals surface area contributed by atoms with Gasteiger partial charge in [-0.3, -0.25) is 0 Å². The Morgan fingerprint density at radius 3 is 2.67 bits per heavy atom. The maximum absolute atomic E-state index is 5.89. The lowest BCUT2D eigenvalue weighted by atomic mass is 10.3. The van der Waals surface area contributed by atoms with Crippen LogP contribution in [-0.2, 0) is 0 Å². The van der Waals surface area contributed by atoms with Crippen LogP contribution in [0.25, 0.3) is 0 Å². The summed E-state index contributed by atoms with van der Waals surface area (Å²) in [5.41, 5.74) is 0. The lowest BCUT2D eigenvalue weighted by molar-refractivity contribution is 0.457. The van der Waals surface area contributed by atoms with Crippen molar-refractivity contribution in [3.63, 3.8) is 0 Å². The Labute approximate surface area is 95.8 Å². The van der Waals surface area contributed by atoms with E-state index in [0.717, 1.165) is 0 Å². The van der Waals surface area contributed by atoms with Crippen molar-refractivity contribution in [2.24, 2.45) is 0 Å². The Bertz CT molecular complexity index is 478. The SMILES string of the molecule is Clc1nncc(Oc2ccccc2Cl)n1. The molecule has 2 aromatic rings. The van der Waals surface area contributed by atoms with Crippen LogP contribution in [0.15, 0.2) is 30.5 Å². The first-order valence-electron chi connectivity index (χ1n) is 4.03. The Hall–Kier alpha value is -1.39. The summed E-state index contributed by atoms with van der Waals surface area (Å²) in [5, 5.41) is 7.61.